The van der Waals surface area contributed by atoms with Gasteiger partial charge in [0, 0.05) is 25.7 Å². The lowest BCUT2D eigenvalue weighted by atomic mass is 10.0. The highest BCUT2D eigenvalue weighted by molar-refractivity contribution is 5.94. The number of ether oxygens (including phenoxy) is 1. The molecule has 0 spiro atoms. The van der Waals surface area contributed by atoms with Crippen LogP contribution in [0, 0.1) is 17.6 Å². The standard InChI is InChI=1S/C17H24F2N2O2/c1-12(2)10-13(21-6-8-23-9-7-21)11-20-17(22)16-14(18)4-3-5-15(16)19/h3-5,12-13H,6-11H2,1-2H3,(H,20,22). The van der Waals surface area contributed by atoms with E-state index in [-0.39, 0.29) is 6.04 Å². The zero-order valence-corrected chi connectivity index (χ0v) is 13.6. The summed E-state index contributed by atoms with van der Waals surface area (Å²) in [5, 5.41) is 2.68. The average molecular weight is 326 g/mol. The molecule has 1 aliphatic rings. The van der Waals surface area contributed by atoms with Crippen LogP contribution in [0.25, 0.3) is 0 Å². The second-order valence-electron chi connectivity index (χ2n) is 6.24. The van der Waals surface area contributed by atoms with E-state index in [1.807, 2.05) is 0 Å². The molecule has 1 N–H and O–H groups in total. The van der Waals surface area contributed by atoms with Crippen molar-refractivity contribution in [2.75, 3.05) is 32.8 Å². The number of benzene rings is 1. The number of morpholine rings is 1. The van der Waals surface area contributed by atoms with E-state index in [9.17, 15) is 13.6 Å². The third-order valence-corrected chi connectivity index (χ3v) is 3.99. The van der Waals surface area contributed by atoms with Crippen molar-refractivity contribution in [2.24, 2.45) is 5.92 Å². The topological polar surface area (TPSA) is 41.6 Å². The van der Waals surface area contributed by atoms with Gasteiger partial charge in [-0.2, -0.15) is 0 Å². The summed E-state index contributed by atoms with van der Waals surface area (Å²) in [6, 6.07) is 3.56. The molecule has 128 valence electrons. The van der Waals surface area contributed by atoms with Crippen molar-refractivity contribution in [1.29, 1.82) is 0 Å². The van der Waals surface area contributed by atoms with Crippen molar-refractivity contribution in [2.45, 2.75) is 26.3 Å². The summed E-state index contributed by atoms with van der Waals surface area (Å²) < 4.78 is 32.7. The second kappa shape index (κ2) is 8.36. The predicted molar refractivity (Wildman–Crippen MR) is 84.3 cm³/mol. The fraction of sp³-hybridized carbons (Fsp3) is 0.588. The summed E-state index contributed by atoms with van der Waals surface area (Å²) in [4.78, 5) is 14.4. The molecule has 0 bridgehead atoms. The lowest BCUT2D eigenvalue weighted by Crippen LogP contribution is -2.49. The van der Waals surface area contributed by atoms with E-state index in [4.69, 9.17) is 4.74 Å². The van der Waals surface area contributed by atoms with Crippen molar-refractivity contribution in [3.8, 4) is 0 Å². The predicted octanol–water partition coefficient (Wildman–Crippen LogP) is 2.44. The van der Waals surface area contributed by atoms with E-state index >= 15 is 0 Å². The molecule has 1 heterocycles. The van der Waals surface area contributed by atoms with E-state index in [1.165, 1.54) is 6.07 Å². The molecule has 1 aromatic carbocycles. The molecule has 1 unspecified atom stereocenters. The van der Waals surface area contributed by atoms with Gasteiger partial charge in [0.25, 0.3) is 5.91 Å². The van der Waals surface area contributed by atoms with Gasteiger partial charge in [0.1, 0.15) is 17.2 Å². The third kappa shape index (κ3) is 4.97. The van der Waals surface area contributed by atoms with Crippen molar-refractivity contribution in [3.05, 3.63) is 35.4 Å². The Hall–Kier alpha value is -1.53. The first-order valence-electron chi connectivity index (χ1n) is 8.03. The summed E-state index contributed by atoms with van der Waals surface area (Å²) in [6.45, 7) is 7.56. The Kier molecular flexibility index (Phi) is 6.47. The molecular formula is C17H24F2N2O2. The van der Waals surface area contributed by atoms with Gasteiger partial charge in [0.05, 0.1) is 13.2 Å². The van der Waals surface area contributed by atoms with Crippen molar-refractivity contribution < 1.29 is 18.3 Å². The summed E-state index contributed by atoms with van der Waals surface area (Å²) in [5.41, 5.74) is -0.516. The number of halogens is 2. The fourth-order valence-electron chi connectivity index (χ4n) is 2.86. The van der Waals surface area contributed by atoms with E-state index in [2.05, 4.69) is 24.1 Å². The van der Waals surface area contributed by atoms with E-state index in [0.717, 1.165) is 31.6 Å². The fourth-order valence-corrected chi connectivity index (χ4v) is 2.86. The average Bonchev–Trinajstić information content (AvgIpc) is 2.51. The van der Waals surface area contributed by atoms with Gasteiger partial charge >= 0.3 is 0 Å². The normalized spacial score (nSPS) is 17.3. The minimum atomic E-state index is -0.839. The van der Waals surface area contributed by atoms with Crippen LogP contribution >= 0.6 is 0 Å². The molecule has 0 saturated carbocycles. The minimum Gasteiger partial charge on any atom is -0.379 e. The lowest BCUT2D eigenvalue weighted by Gasteiger charge is -2.35. The molecule has 1 fully saturated rings. The lowest BCUT2D eigenvalue weighted by molar-refractivity contribution is 0.0124. The zero-order chi connectivity index (χ0) is 16.8. The maximum Gasteiger partial charge on any atom is 0.257 e. The number of hydrogen-bond acceptors (Lipinski definition) is 3. The van der Waals surface area contributed by atoms with Crippen LogP contribution in [0.2, 0.25) is 0 Å². The highest BCUT2D eigenvalue weighted by Crippen LogP contribution is 2.15. The largest absolute Gasteiger partial charge is 0.379 e. The maximum atomic E-state index is 13.7. The van der Waals surface area contributed by atoms with Crippen LogP contribution in [-0.2, 0) is 4.74 Å². The SMILES string of the molecule is CC(C)CC(CNC(=O)c1c(F)cccc1F)N1CCOCC1. The van der Waals surface area contributed by atoms with Gasteiger partial charge in [-0.15, -0.1) is 0 Å². The molecule has 1 atom stereocenters. The van der Waals surface area contributed by atoms with Gasteiger partial charge in [0.2, 0.25) is 0 Å². The molecule has 0 aliphatic carbocycles. The van der Waals surface area contributed by atoms with Crippen LogP contribution < -0.4 is 5.32 Å². The second-order valence-corrected chi connectivity index (χ2v) is 6.24. The number of nitrogens with zero attached hydrogens (tertiary/aromatic N) is 1. The van der Waals surface area contributed by atoms with Gasteiger partial charge in [0.15, 0.2) is 0 Å². The monoisotopic (exact) mass is 326 g/mol. The van der Waals surface area contributed by atoms with Crippen molar-refractivity contribution in [3.63, 3.8) is 0 Å². The van der Waals surface area contributed by atoms with Crippen LogP contribution in [0.3, 0.4) is 0 Å². The molecular weight excluding hydrogens is 302 g/mol. The third-order valence-electron chi connectivity index (χ3n) is 3.99. The number of carbonyl (C=O) groups excluding carboxylic acids is 1. The Bertz CT molecular complexity index is 511. The summed E-state index contributed by atoms with van der Waals surface area (Å²) in [7, 11) is 0. The smallest absolute Gasteiger partial charge is 0.257 e. The molecule has 0 aromatic heterocycles. The summed E-state index contributed by atoms with van der Waals surface area (Å²) in [6.07, 6.45) is 0.903. The van der Waals surface area contributed by atoms with Gasteiger partial charge in [-0.05, 0) is 24.5 Å². The Labute approximate surface area is 135 Å². The van der Waals surface area contributed by atoms with E-state index in [0.29, 0.717) is 25.7 Å². The number of amides is 1. The number of hydrogen-bond donors (Lipinski definition) is 1. The Morgan fingerprint density at radius 2 is 1.87 bits per heavy atom. The van der Waals surface area contributed by atoms with Gasteiger partial charge in [-0.3, -0.25) is 9.69 Å². The first kappa shape index (κ1) is 17.8. The zero-order valence-electron chi connectivity index (χ0n) is 13.6. The van der Waals surface area contributed by atoms with Crippen molar-refractivity contribution >= 4 is 5.91 Å². The minimum absolute atomic E-state index is 0.137. The van der Waals surface area contributed by atoms with Crippen LogP contribution in [-0.4, -0.2) is 49.7 Å². The first-order chi connectivity index (χ1) is 11.0. The molecule has 23 heavy (non-hydrogen) atoms. The molecule has 1 aliphatic heterocycles. The highest BCUT2D eigenvalue weighted by atomic mass is 19.1. The van der Waals surface area contributed by atoms with E-state index < -0.39 is 23.1 Å². The molecule has 1 saturated heterocycles. The summed E-state index contributed by atoms with van der Waals surface area (Å²) >= 11 is 0. The van der Waals surface area contributed by atoms with Crippen LogP contribution in [0.15, 0.2) is 18.2 Å². The molecule has 0 radical (unpaired) electrons. The number of nitrogens with one attached hydrogen (secondary N) is 1. The quantitative estimate of drug-likeness (QED) is 0.873. The molecule has 4 nitrogen and oxygen atoms in total. The molecule has 1 amide bonds. The van der Waals surface area contributed by atoms with E-state index in [1.54, 1.807) is 0 Å². The van der Waals surface area contributed by atoms with Gasteiger partial charge in [-0.25, -0.2) is 8.78 Å². The first-order valence-corrected chi connectivity index (χ1v) is 8.03. The Balaban J connectivity index is 2.00. The number of rotatable bonds is 6. The molecule has 1 aromatic rings. The summed E-state index contributed by atoms with van der Waals surface area (Å²) in [5.74, 6) is -1.92. The van der Waals surface area contributed by atoms with Gasteiger partial charge < -0.3 is 10.1 Å². The Morgan fingerprint density at radius 3 is 2.43 bits per heavy atom. The number of carbonyl (C=O) groups is 1. The van der Waals surface area contributed by atoms with Crippen LogP contribution in [0.1, 0.15) is 30.6 Å². The van der Waals surface area contributed by atoms with Gasteiger partial charge in [-0.1, -0.05) is 19.9 Å². The Morgan fingerprint density at radius 1 is 1.26 bits per heavy atom. The van der Waals surface area contributed by atoms with Crippen molar-refractivity contribution in [1.82, 2.24) is 10.2 Å². The molecule has 2 rings (SSSR count). The molecule has 6 heteroatoms. The highest BCUT2D eigenvalue weighted by Gasteiger charge is 2.24. The van der Waals surface area contributed by atoms with Crippen LogP contribution in [0.5, 0.6) is 0 Å². The van der Waals surface area contributed by atoms with Crippen LogP contribution in [0.4, 0.5) is 8.78 Å². The maximum absolute atomic E-state index is 13.7.